The highest BCUT2D eigenvalue weighted by Gasteiger charge is 2.10. The van der Waals surface area contributed by atoms with Crippen LogP contribution in [0.25, 0.3) is 0 Å². The van der Waals surface area contributed by atoms with Crippen molar-refractivity contribution < 1.29 is 14.7 Å². The van der Waals surface area contributed by atoms with Crippen molar-refractivity contribution in [1.82, 2.24) is 4.98 Å². The largest absolute Gasteiger partial charge is 0.478 e. The predicted octanol–water partition coefficient (Wildman–Crippen LogP) is 3.97. The molecule has 7 heteroatoms. The summed E-state index contributed by atoms with van der Waals surface area (Å²) in [6.45, 7) is 4.22. The molecule has 0 saturated carbocycles. The molecule has 0 aliphatic carbocycles. The van der Waals surface area contributed by atoms with Crippen molar-refractivity contribution in [3.8, 4) is 6.07 Å². The molecular weight excluding hydrogens is 362 g/mol. The van der Waals surface area contributed by atoms with Crippen LogP contribution in [0.5, 0.6) is 0 Å². The summed E-state index contributed by atoms with van der Waals surface area (Å²) >= 11 is 1.39. The number of carbonyl (C=O) groups excluding carboxylic acids is 1. The number of rotatable bonds is 8. The van der Waals surface area contributed by atoms with Gasteiger partial charge in [-0.1, -0.05) is 13.8 Å². The fourth-order valence-electron chi connectivity index (χ4n) is 2.37. The summed E-state index contributed by atoms with van der Waals surface area (Å²) in [6.07, 6.45) is 1.10. The fourth-order valence-corrected chi connectivity index (χ4v) is 3.30. The molecule has 2 rings (SSSR count). The standard InChI is InChI=1S/C20H21N3O3S/c1-13(2)11-17-8-5-15(12-21)19(23-17)27-10-9-18(24)22-16-6-3-14(4-7-16)20(25)26/h3-8,13H,9-11H2,1-2H3,(H,22,24)(H,25,26). The molecule has 1 aromatic heterocycles. The molecule has 0 bridgehead atoms. The van der Waals surface area contributed by atoms with Crippen LogP contribution < -0.4 is 5.32 Å². The van der Waals surface area contributed by atoms with Crippen LogP contribution in [0.15, 0.2) is 41.4 Å². The van der Waals surface area contributed by atoms with Gasteiger partial charge in [0.05, 0.1) is 11.1 Å². The van der Waals surface area contributed by atoms with Crippen molar-refractivity contribution in [3.63, 3.8) is 0 Å². The Balaban J connectivity index is 1.90. The van der Waals surface area contributed by atoms with E-state index in [1.165, 1.54) is 23.9 Å². The van der Waals surface area contributed by atoms with E-state index in [2.05, 4.69) is 30.2 Å². The maximum atomic E-state index is 12.1. The van der Waals surface area contributed by atoms with Crippen LogP contribution in [-0.4, -0.2) is 27.7 Å². The molecule has 1 amide bonds. The SMILES string of the molecule is CC(C)Cc1ccc(C#N)c(SCCC(=O)Nc2ccc(C(=O)O)cc2)n1. The highest BCUT2D eigenvalue weighted by atomic mass is 32.2. The summed E-state index contributed by atoms with van der Waals surface area (Å²) in [4.78, 5) is 27.4. The lowest BCUT2D eigenvalue weighted by Gasteiger charge is -2.09. The molecule has 2 aromatic rings. The van der Waals surface area contributed by atoms with E-state index in [1.807, 2.05) is 6.07 Å². The van der Waals surface area contributed by atoms with Crippen LogP contribution in [-0.2, 0) is 11.2 Å². The zero-order valence-electron chi connectivity index (χ0n) is 15.2. The van der Waals surface area contributed by atoms with Crippen LogP contribution in [0, 0.1) is 17.2 Å². The van der Waals surface area contributed by atoms with Gasteiger partial charge in [-0.2, -0.15) is 5.26 Å². The molecular formula is C20H21N3O3S. The number of carbonyl (C=O) groups is 2. The second kappa shape index (κ2) is 9.74. The van der Waals surface area contributed by atoms with Gasteiger partial charge in [0.2, 0.25) is 5.91 Å². The Morgan fingerprint density at radius 1 is 1.22 bits per heavy atom. The maximum absolute atomic E-state index is 12.1. The van der Waals surface area contributed by atoms with Crippen LogP contribution in [0.4, 0.5) is 5.69 Å². The number of benzene rings is 1. The number of anilines is 1. The lowest BCUT2D eigenvalue weighted by atomic mass is 10.1. The molecule has 1 heterocycles. The molecule has 0 aliphatic rings. The van der Waals surface area contributed by atoms with Crippen molar-refractivity contribution in [2.45, 2.75) is 31.7 Å². The van der Waals surface area contributed by atoms with Gasteiger partial charge in [-0.3, -0.25) is 4.79 Å². The van der Waals surface area contributed by atoms with E-state index in [9.17, 15) is 14.9 Å². The first-order valence-electron chi connectivity index (χ1n) is 8.55. The molecule has 140 valence electrons. The quantitative estimate of drug-likeness (QED) is 0.669. The lowest BCUT2D eigenvalue weighted by Crippen LogP contribution is -2.12. The number of thioether (sulfide) groups is 1. The average Bonchev–Trinajstić information content (AvgIpc) is 2.62. The maximum Gasteiger partial charge on any atom is 0.335 e. The first-order chi connectivity index (χ1) is 12.9. The average molecular weight is 383 g/mol. The van der Waals surface area contributed by atoms with E-state index in [4.69, 9.17) is 5.11 Å². The Kier molecular flexibility index (Phi) is 7.38. The summed E-state index contributed by atoms with van der Waals surface area (Å²) in [5, 5.41) is 21.5. The van der Waals surface area contributed by atoms with E-state index in [0.717, 1.165) is 12.1 Å². The second-order valence-corrected chi connectivity index (χ2v) is 7.48. The summed E-state index contributed by atoms with van der Waals surface area (Å²) in [5.41, 5.74) is 2.16. The highest BCUT2D eigenvalue weighted by Crippen LogP contribution is 2.22. The first-order valence-corrected chi connectivity index (χ1v) is 9.53. The smallest absolute Gasteiger partial charge is 0.335 e. The van der Waals surface area contributed by atoms with Gasteiger partial charge < -0.3 is 10.4 Å². The Morgan fingerprint density at radius 2 is 1.93 bits per heavy atom. The molecule has 6 nitrogen and oxygen atoms in total. The molecule has 27 heavy (non-hydrogen) atoms. The molecule has 0 saturated heterocycles. The van der Waals surface area contributed by atoms with Crippen LogP contribution in [0.2, 0.25) is 0 Å². The normalized spacial score (nSPS) is 10.4. The van der Waals surface area contributed by atoms with Crippen molar-refractivity contribution in [2.24, 2.45) is 5.92 Å². The van der Waals surface area contributed by atoms with Crippen LogP contribution >= 0.6 is 11.8 Å². The molecule has 0 atom stereocenters. The summed E-state index contributed by atoms with van der Waals surface area (Å²) in [7, 11) is 0. The topological polar surface area (TPSA) is 103 Å². The third-order valence-corrected chi connectivity index (χ3v) is 4.63. The number of hydrogen-bond donors (Lipinski definition) is 2. The minimum absolute atomic E-state index is 0.167. The molecule has 0 radical (unpaired) electrons. The summed E-state index contributed by atoms with van der Waals surface area (Å²) < 4.78 is 0. The number of aromatic carboxylic acids is 1. The van der Waals surface area contributed by atoms with Gasteiger partial charge in [0, 0.05) is 23.6 Å². The van der Waals surface area contributed by atoms with E-state index < -0.39 is 5.97 Å². The van der Waals surface area contributed by atoms with Gasteiger partial charge in [-0.25, -0.2) is 9.78 Å². The number of nitriles is 1. The fraction of sp³-hybridized carbons (Fsp3) is 0.300. The first kappa shape index (κ1) is 20.5. The molecule has 1 aromatic carbocycles. The Labute approximate surface area is 162 Å². The Hall–Kier alpha value is -2.85. The minimum atomic E-state index is -1.01. The van der Waals surface area contributed by atoms with Gasteiger partial charge in [-0.05, 0) is 48.7 Å². The Morgan fingerprint density at radius 3 is 2.52 bits per heavy atom. The van der Waals surface area contributed by atoms with Crippen molar-refractivity contribution in [1.29, 1.82) is 5.26 Å². The number of nitrogens with zero attached hydrogens (tertiary/aromatic N) is 2. The number of carboxylic acids is 1. The van der Waals surface area contributed by atoms with Gasteiger partial charge in [0.25, 0.3) is 0 Å². The third-order valence-electron chi connectivity index (χ3n) is 3.64. The van der Waals surface area contributed by atoms with Crippen molar-refractivity contribution in [2.75, 3.05) is 11.1 Å². The van der Waals surface area contributed by atoms with Crippen LogP contribution in [0.1, 0.15) is 41.9 Å². The van der Waals surface area contributed by atoms with E-state index in [0.29, 0.717) is 27.9 Å². The Bertz CT molecular complexity index is 858. The van der Waals surface area contributed by atoms with Gasteiger partial charge in [0.1, 0.15) is 11.1 Å². The molecule has 0 unspecified atom stereocenters. The van der Waals surface area contributed by atoms with Crippen LogP contribution in [0.3, 0.4) is 0 Å². The van der Waals surface area contributed by atoms with Gasteiger partial charge in [0.15, 0.2) is 0 Å². The number of hydrogen-bond acceptors (Lipinski definition) is 5. The number of carboxylic acid groups (broad SMARTS) is 1. The molecule has 0 aliphatic heterocycles. The van der Waals surface area contributed by atoms with Gasteiger partial charge >= 0.3 is 5.97 Å². The zero-order chi connectivity index (χ0) is 19.8. The zero-order valence-corrected chi connectivity index (χ0v) is 16.0. The number of pyridine rings is 1. The number of nitrogens with one attached hydrogen (secondary N) is 1. The van der Waals surface area contributed by atoms with Crippen molar-refractivity contribution in [3.05, 3.63) is 53.2 Å². The second-order valence-electron chi connectivity index (χ2n) is 6.39. The predicted molar refractivity (Wildman–Crippen MR) is 105 cm³/mol. The van der Waals surface area contributed by atoms with Crippen molar-refractivity contribution >= 4 is 29.3 Å². The minimum Gasteiger partial charge on any atom is -0.478 e. The van der Waals surface area contributed by atoms with Gasteiger partial charge in [-0.15, -0.1) is 11.8 Å². The highest BCUT2D eigenvalue weighted by molar-refractivity contribution is 7.99. The number of amides is 1. The molecule has 0 spiro atoms. The molecule has 2 N–H and O–H groups in total. The van der Waals surface area contributed by atoms with E-state index >= 15 is 0 Å². The monoisotopic (exact) mass is 383 g/mol. The summed E-state index contributed by atoms with van der Waals surface area (Å²) in [5.74, 6) is -0.222. The summed E-state index contributed by atoms with van der Waals surface area (Å²) in [6, 6.07) is 11.8. The third kappa shape index (κ3) is 6.42. The lowest BCUT2D eigenvalue weighted by molar-refractivity contribution is -0.115. The number of aromatic nitrogens is 1. The molecule has 0 fully saturated rings. The van der Waals surface area contributed by atoms with E-state index in [-0.39, 0.29) is 17.9 Å². The van der Waals surface area contributed by atoms with E-state index in [1.54, 1.807) is 18.2 Å².